The van der Waals surface area contributed by atoms with Crippen molar-refractivity contribution in [2.75, 3.05) is 20.2 Å². The first-order valence-electron chi connectivity index (χ1n) is 6.72. The Morgan fingerprint density at radius 2 is 2.32 bits per heavy atom. The van der Waals surface area contributed by atoms with Crippen molar-refractivity contribution in [1.29, 1.82) is 5.41 Å². The average Bonchev–Trinajstić information content (AvgIpc) is 2.37. The number of pyridine rings is 1. The van der Waals surface area contributed by atoms with E-state index in [1.807, 2.05) is 6.92 Å². The summed E-state index contributed by atoms with van der Waals surface area (Å²) in [6.07, 6.45) is 3.70. The quantitative estimate of drug-likeness (QED) is 0.637. The van der Waals surface area contributed by atoms with Gasteiger partial charge in [0.15, 0.2) is 0 Å². The summed E-state index contributed by atoms with van der Waals surface area (Å²) in [5, 5.41) is 7.47. The van der Waals surface area contributed by atoms with Gasteiger partial charge in [-0.2, -0.15) is 0 Å². The third-order valence-electron chi connectivity index (χ3n) is 3.59. The van der Waals surface area contributed by atoms with Gasteiger partial charge in [-0.25, -0.2) is 4.98 Å². The number of amidine groups is 1. The number of hydrogen-bond donors (Lipinski definition) is 2. The molecule has 1 aromatic rings. The Morgan fingerprint density at radius 1 is 1.53 bits per heavy atom. The van der Waals surface area contributed by atoms with Crippen molar-refractivity contribution >= 4 is 5.84 Å². The van der Waals surface area contributed by atoms with Crippen molar-refractivity contribution in [3.63, 3.8) is 0 Å². The van der Waals surface area contributed by atoms with E-state index < -0.39 is 0 Å². The summed E-state index contributed by atoms with van der Waals surface area (Å²) in [5.74, 6) is 0.606. The summed E-state index contributed by atoms with van der Waals surface area (Å²) >= 11 is 0. The average molecular weight is 262 g/mol. The van der Waals surface area contributed by atoms with Crippen LogP contribution in [-0.2, 0) is 0 Å². The summed E-state index contributed by atoms with van der Waals surface area (Å²) < 4.78 is 5.78. The van der Waals surface area contributed by atoms with Gasteiger partial charge in [0.1, 0.15) is 12.4 Å². The molecule has 0 bridgehead atoms. The van der Waals surface area contributed by atoms with E-state index in [0.717, 1.165) is 12.2 Å². The first kappa shape index (κ1) is 13.8. The van der Waals surface area contributed by atoms with E-state index >= 15 is 0 Å². The number of hydrogen-bond acceptors (Lipinski definition) is 4. The topological polar surface area (TPSA) is 75.2 Å². The molecule has 1 aliphatic rings. The van der Waals surface area contributed by atoms with Crippen LogP contribution in [0.1, 0.15) is 30.5 Å². The van der Waals surface area contributed by atoms with E-state index in [0.29, 0.717) is 24.1 Å². The zero-order chi connectivity index (χ0) is 13.8. The fourth-order valence-corrected chi connectivity index (χ4v) is 2.40. The van der Waals surface area contributed by atoms with Crippen molar-refractivity contribution in [2.45, 2.75) is 32.2 Å². The normalized spacial score (nSPS) is 20.2. The SMILES string of the molecule is Cc1cc(C(=N)N)cc(OCC2CCCCN2C)n1. The molecule has 2 rings (SSSR count). The minimum Gasteiger partial charge on any atom is -0.476 e. The number of nitrogens with one attached hydrogen (secondary N) is 1. The highest BCUT2D eigenvalue weighted by Crippen LogP contribution is 2.17. The molecule has 0 radical (unpaired) electrons. The van der Waals surface area contributed by atoms with Crippen LogP contribution in [0.25, 0.3) is 0 Å². The van der Waals surface area contributed by atoms with Crippen LogP contribution in [0.4, 0.5) is 0 Å². The maximum atomic E-state index is 7.47. The molecule has 2 heterocycles. The van der Waals surface area contributed by atoms with Crippen molar-refractivity contribution < 1.29 is 4.74 Å². The fraction of sp³-hybridized carbons (Fsp3) is 0.571. The van der Waals surface area contributed by atoms with Crippen molar-refractivity contribution in [2.24, 2.45) is 5.73 Å². The smallest absolute Gasteiger partial charge is 0.214 e. The molecule has 5 heteroatoms. The highest BCUT2D eigenvalue weighted by Gasteiger charge is 2.19. The van der Waals surface area contributed by atoms with E-state index in [1.165, 1.54) is 19.3 Å². The number of likely N-dealkylation sites (N-methyl/N-ethyl adjacent to an activating group) is 1. The van der Waals surface area contributed by atoms with Crippen molar-refractivity contribution in [3.8, 4) is 5.88 Å². The van der Waals surface area contributed by atoms with E-state index in [2.05, 4.69) is 16.9 Å². The molecule has 104 valence electrons. The number of nitrogens with two attached hydrogens (primary N) is 1. The Labute approximate surface area is 114 Å². The number of nitrogens with zero attached hydrogens (tertiary/aromatic N) is 2. The van der Waals surface area contributed by atoms with E-state index in [9.17, 15) is 0 Å². The zero-order valence-corrected chi connectivity index (χ0v) is 11.6. The molecule has 0 aliphatic carbocycles. The molecule has 0 amide bonds. The highest BCUT2D eigenvalue weighted by atomic mass is 16.5. The van der Waals surface area contributed by atoms with Crippen LogP contribution in [0.3, 0.4) is 0 Å². The lowest BCUT2D eigenvalue weighted by molar-refractivity contribution is 0.122. The predicted octanol–water partition coefficient (Wildman–Crippen LogP) is 1.54. The Bertz CT molecular complexity index is 461. The monoisotopic (exact) mass is 262 g/mol. The molecule has 1 fully saturated rings. The molecule has 1 aliphatic heterocycles. The molecule has 0 spiro atoms. The molecule has 0 aromatic carbocycles. The van der Waals surface area contributed by atoms with E-state index in [1.54, 1.807) is 12.1 Å². The number of nitrogen functional groups attached to an aromatic ring is 1. The number of likely N-dealkylation sites (tertiary alicyclic amines) is 1. The molecule has 0 saturated carbocycles. The number of aryl methyl sites for hydroxylation is 1. The zero-order valence-electron chi connectivity index (χ0n) is 11.6. The Balaban J connectivity index is 2.00. The Morgan fingerprint density at radius 3 is 3.00 bits per heavy atom. The standard InChI is InChI=1S/C14H22N4O/c1-10-7-11(14(15)16)8-13(17-10)19-9-12-5-3-4-6-18(12)2/h7-8,12H,3-6,9H2,1-2H3,(H3,15,16). The van der Waals surface area contributed by atoms with Gasteiger partial charge in [0.25, 0.3) is 0 Å². The van der Waals surface area contributed by atoms with Gasteiger partial charge in [-0.05, 0) is 39.4 Å². The van der Waals surface area contributed by atoms with E-state index in [-0.39, 0.29) is 5.84 Å². The van der Waals surface area contributed by atoms with Gasteiger partial charge < -0.3 is 15.4 Å². The molecule has 5 nitrogen and oxygen atoms in total. The minimum atomic E-state index is 0.0464. The third-order valence-corrected chi connectivity index (χ3v) is 3.59. The number of ether oxygens (including phenoxy) is 1. The van der Waals surface area contributed by atoms with Gasteiger partial charge in [-0.3, -0.25) is 5.41 Å². The van der Waals surface area contributed by atoms with Crippen LogP contribution >= 0.6 is 0 Å². The lowest BCUT2D eigenvalue weighted by Crippen LogP contribution is -2.40. The highest BCUT2D eigenvalue weighted by molar-refractivity contribution is 5.95. The van der Waals surface area contributed by atoms with Crippen molar-refractivity contribution in [3.05, 3.63) is 23.4 Å². The van der Waals surface area contributed by atoms with Gasteiger partial charge in [0, 0.05) is 23.4 Å². The molecule has 1 atom stereocenters. The van der Waals surface area contributed by atoms with Gasteiger partial charge in [-0.15, -0.1) is 0 Å². The van der Waals surface area contributed by atoms with Crippen LogP contribution < -0.4 is 10.5 Å². The summed E-state index contributed by atoms with van der Waals surface area (Å²) in [7, 11) is 2.14. The van der Waals surface area contributed by atoms with E-state index in [4.69, 9.17) is 15.9 Å². The Kier molecular flexibility index (Phi) is 4.37. The van der Waals surface area contributed by atoms with Crippen LogP contribution in [0.15, 0.2) is 12.1 Å². The first-order chi connectivity index (χ1) is 9.06. The first-order valence-corrected chi connectivity index (χ1v) is 6.72. The molecular formula is C14H22N4O. The molecular weight excluding hydrogens is 240 g/mol. The van der Waals surface area contributed by atoms with Crippen LogP contribution in [0, 0.1) is 12.3 Å². The number of piperidine rings is 1. The summed E-state index contributed by atoms with van der Waals surface area (Å²) in [4.78, 5) is 6.67. The molecule has 3 N–H and O–H groups in total. The second-order valence-corrected chi connectivity index (χ2v) is 5.19. The largest absolute Gasteiger partial charge is 0.476 e. The number of rotatable bonds is 4. The lowest BCUT2D eigenvalue weighted by atomic mass is 10.0. The van der Waals surface area contributed by atoms with Gasteiger partial charge in [-0.1, -0.05) is 6.42 Å². The van der Waals surface area contributed by atoms with Crippen molar-refractivity contribution in [1.82, 2.24) is 9.88 Å². The van der Waals surface area contributed by atoms with Gasteiger partial charge in [0.2, 0.25) is 5.88 Å². The fourth-order valence-electron chi connectivity index (χ4n) is 2.40. The maximum Gasteiger partial charge on any atom is 0.214 e. The molecule has 1 aromatic heterocycles. The van der Waals surface area contributed by atoms with Crippen LogP contribution in [0.2, 0.25) is 0 Å². The van der Waals surface area contributed by atoms with Gasteiger partial charge in [0.05, 0.1) is 0 Å². The lowest BCUT2D eigenvalue weighted by Gasteiger charge is -2.32. The molecule has 19 heavy (non-hydrogen) atoms. The molecule has 1 unspecified atom stereocenters. The second-order valence-electron chi connectivity index (χ2n) is 5.19. The summed E-state index contributed by atoms with van der Waals surface area (Å²) in [5.41, 5.74) is 6.99. The van der Waals surface area contributed by atoms with Gasteiger partial charge >= 0.3 is 0 Å². The maximum absolute atomic E-state index is 7.47. The van der Waals surface area contributed by atoms with Crippen LogP contribution in [-0.4, -0.2) is 42.0 Å². The third kappa shape index (κ3) is 3.67. The molecule has 1 saturated heterocycles. The summed E-state index contributed by atoms with van der Waals surface area (Å²) in [6, 6.07) is 3.98. The second kappa shape index (κ2) is 6.02. The number of aromatic nitrogens is 1. The Hall–Kier alpha value is -1.62. The predicted molar refractivity (Wildman–Crippen MR) is 75.8 cm³/mol. The summed E-state index contributed by atoms with van der Waals surface area (Å²) in [6.45, 7) is 3.66. The van der Waals surface area contributed by atoms with Crippen LogP contribution in [0.5, 0.6) is 5.88 Å². The minimum absolute atomic E-state index is 0.0464.